The monoisotopic (exact) mass is 257 g/mol. The summed E-state index contributed by atoms with van der Waals surface area (Å²) in [6, 6.07) is 8.09. The van der Waals surface area contributed by atoms with Crippen LogP contribution < -0.4 is 0 Å². The SMILES string of the molecule is CCOC(=O)c1nnn2c1CCCc1ccccc1-2. The number of para-hydroxylation sites is 1. The average Bonchev–Trinajstić information content (AvgIpc) is 2.75. The van der Waals surface area contributed by atoms with Gasteiger partial charge in [0, 0.05) is 0 Å². The smallest absolute Gasteiger partial charge is 0.360 e. The zero-order valence-electron chi connectivity index (χ0n) is 10.8. The van der Waals surface area contributed by atoms with Gasteiger partial charge in [-0.3, -0.25) is 0 Å². The van der Waals surface area contributed by atoms with E-state index in [0.717, 1.165) is 30.6 Å². The van der Waals surface area contributed by atoms with Gasteiger partial charge in [-0.15, -0.1) is 5.10 Å². The van der Waals surface area contributed by atoms with Gasteiger partial charge in [0.05, 0.1) is 18.0 Å². The topological polar surface area (TPSA) is 57.0 Å². The first-order valence-electron chi connectivity index (χ1n) is 6.51. The minimum atomic E-state index is -0.386. The Kier molecular flexibility index (Phi) is 3.03. The molecule has 1 aromatic heterocycles. The molecule has 0 atom stereocenters. The lowest BCUT2D eigenvalue weighted by Crippen LogP contribution is -2.09. The summed E-state index contributed by atoms with van der Waals surface area (Å²) in [6.07, 6.45) is 2.76. The standard InChI is InChI=1S/C14H15N3O2/c1-2-19-14(18)13-12-9-5-7-10-6-3-4-8-11(10)17(12)16-15-13/h3-4,6,8H,2,5,7,9H2,1H3. The summed E-state index contributed by atoms with van der Waals surface area (Å²) < 4.78 is 6.80. The Balaban J connectivity index is 2.09. The zero-order chi connectivity index (χ0) is 13.2. The number of carbonyl (C=O) groups excluding carboxylic acids is 1. The number of fused-ring (bicyclic) bond motifs is 3. The van der Waals surface area contributed by atoms with E-state index >= 15 is 0 Å². The molecule has 0 fully saturated rings. The molecule has 1 aliphatic heterocycles. The van der Waals surface area contributed by atoms with Crippen molar-refractivity contribution in [2.75, 3.05) is 6.61 Å². The minimum absolute atomic E-state index is 0.346. The number of esters is 1. The van der Waals surface area contributed by atoms with Crippen molar-refractivity contribution in [3.63, 3.8) is 0 Å². The van der Waals surface area contributed by atoms with E-state index in [1.807, 2.05) is 18.2 Å². The van der Waals surface area contributed by atoms with Crippen molar-refractivity contribution in [3.05, 3.63) is 41.2 Å². The van der Waals surface area contributed by atoms with Crippen LogP contribution >= 0.6 is 0 Å². The van der Waals surface area contributed by atoms with Gasteiger partial charge in [0.1, 0.15) is 0 Å². The molecular weight excluding hydrogens is 242 g/mol. The zero-order valence-corrected chi connectivity index (χ0v) is 10.8. The van der Waals surface area contributed by atoms with Gasteiger partial charge in [0.25, 0.3) is 0 Å². The van der Waals surface area contributed by atoms with Gasteiger partial charge in [-0.1, -0.05) is 23.4 Å². The van der Waals surface area contributed by atoms with Gasteiger partial charge in [0.15, 0.2) is 5.69 Å². The third kappa shape index (κ3) is 2.01. The minimum Gasteiger partial charge on any atom is -0.461 e. The Morgan fingerprint density at radius 1 is 1.37 bits per heavy atom. The molecule has 98 valence electrons. The van der Waals surface area contributed by atoms with Crippen molar-refractivity contribution < 1.29 is 9.53 Å². The van der Waals surface area contributed by atoms with E-state index in [-0.39, 0.29) is 5.97 Å². The number of nitrogens with zero attached hydrogens (tertiary/aromatic N) is 3. The largest absolute Gasteiger partial charge is 0.461 e. The first-order valence-corrected chi connectivity index (χ1v) is 6.51. The number of carbonyl (C=O) groups is 1. The molecular formula is C14H15N3O2. The second-order valence-corrected chi connectivity index (χ2v) is 4.50. The highest BCUT2D eigenvalue weighted by Gasteiger charge is 2.24. The van der Waals surface area contributed by atoms with E-state index in [0.29, 0.717) is 12.3 Å². The Morgan fingerprint density at radius 2 is 2.21 bits per heavy atom. The fourth-order valence-electron chi connectivity index (χ4n) is 2.45. The Labute approximate surface area is 111 Å². The van der Waals surface area contributed by atoms with E-state index in [1.54, 1.807) is 11.6 Å². The van der Waals surface area contributed by atoms with Crippen LogP contribution in [0.5, 0.6) is 0 Å². The second-order valence-electron chi connectivity index (χ2n) is 4.50. The molecule has 0 amide bonds. The molecule has 2 heterocycles. The normalized spacial score (nSPS) is 13.3. The molecule has 5 nitrogen and oxygen atoms in total. The third-order valence-electron chi connectivity index (χ3n) is 3.31. The molecule has 3 rings (SSSR count). The lowest BCUT2D eigenvalue weighted by molar-refractivity contribution is 0.0518. The van der Waals surface area contributed by atoms with Gasteiger partial charge in [-0.2, -0.15) is 0 Å². The number of hydrogen-bond donors (Lipinski definition) is 0. The van der Waals surface area contributed by atoms with Crippen molar-refractivity contribution in [1.29, 1.82) is 0 Å². The predicted octanol–water partition coefficient (Wildman–Crippen LogP) is 1.93. The van der Waals surface area contributed by atoms with Gasteiger partial charge in [0.2, 0.25) is 0 Å². The summed E-state index contributed by atoms with van der Waals surface area (Å²) in [7, 11) is 0. The highest BCUT2D eigenvalue weighted by Crippen LogP contribution is 2.24. The molecule has 0 spiro atoms. The lowest BCUT2D eigenvalue weighted by atomic mass is 10.1. The van der Waals surface area contributed by atoms with Crippen LogP contribution in [0.3, 0.4) is 0 Å². The number of aryl methyl sites for hydroxylation is 1. The van der Waals surface area contributed by atoms with E-state index < -0.39 is 0 Å². The van der Waals surface area contributed by atoms with Crippen molar-refractivity contribution in [2.45, 2.75) is 26.2 Å². The van der Waals surface area contributed by atoms with Crippen LogP contribution in [0.4, 0.5) is 0 Å². The van der Waals surface area contributed by atoms with Crippen LogP contribution in [-0.2, 0) is 17.6 Å². The molecule has 2 aromatic rings. The maximum Gasteiger partial charge on any atom is 0.360 e. The second kappa shape index (κ2) is 4.84. The van der Waals surface area contributed by atoms with Crippen LogP contribution in [-0.4, -0.2) is 27.6 Å². The van der Waals surface area contributed by atoms with Crippen LogP contribution in [0.25, 0.3) is 5.69 Å². The van der Waals surface area contributed by atoms with Crippen molar-refractivity contribution in [1.82, 2.24) is 15.0 Å². The molecule has 19 heavy (non-hydrogen) atoms. The van der Waals surface area contributed by atoms with E-state index in [4.69, 9.17) is 4.74 Å². The molecule has 0 saturated carbocycles. The molecule has 5 heteroatoms. The van der Waals surface area contributed by atoms with E-state index in [9.17, 15) is 4.79 Å². The predicted molar refractivity (Wildman–Crippen MR) is 69.3 cm³/mol. The Bertz CT molecular complexity index is 619. The summed E-state index contributed by atoms with van der Waals surface area (Å²) in [4.78, 5) is 11.9. The number of ether oxygens (including phenoxy) is 1. The third-order valence-corrected chi connectivity index (χ3v) is 3.31. The summed E-state index contributed by atoms with van der Waals surface area (Å²) in [6.45, 7) is 2.14. The van der Waals surface area contributed by atoms with Gasteiger partial charge in [-0.05, 0) is 37.8 Å². The first-order chi connectivity index (χ1) is 9.31. The number of hydrogen-bond acceptors (Lipinski definition) is 4. The van der Waals surface area contributed by atoms with Crippen LogP contribution in [0, 0.1) is 0 Å². The quantitative estimate of drug-likeness (QED) is 0.771. The van der Waals surface area contributed by atoms with Gasteiger partial charge in [-0.25, -0.2) is 9.48 Å². The first kappa shape index (κ1) is 11.9. The van der Waals surface area contributed by atoms with Crippen LogP contribution in [0.1, 0.15) is 35.1 Å². The van der Waals surface area contributed by atoms with Crippen molar-refractivity contribution in [2.24, 2.45) is 0 Å². The number of benzene rings is 1. The molecule has 0 radical (unpaired) electrons. The fourth-order valence-corrected chi connectivity index (χ4v) is 2.45. The number of aromatic nitrogens is 3. The Hall–Kier alpha value is -2.17. The highest BCUT2D eigenvalue weighted by atomic mass is 16.5. The molecule has 0 bridgehead atoms. The molecule has 0 unspecified atom stereocenters. The summed E-state index contributed by atoms with van der Waals surface area (Å²) in [5.74, 6) is -0.386. The lowest BCUT2D eigenvalue weighted by Gasteiger charge is -2.06. The average molecular weight is 257 g/mol. The van der Waals surface area contributed by atoms with Crippen LogP contribution in [0.15, 0.2) is 24.3 Å². The van der Waals surface area contributed by atoms with E-state index in [2.05, 4.69) is 16.4 Å². The maximum absolute atomic E-state index is 11.9. The molecule has 1 aromatic carbocycles. The van der Waals surface area contributed by atoms with Crippen LogP contribution in [0.2, 0.25) is 0 Å². The summed E-state index contributed by atoms with van der Waals surface area (Å²) in [5, 5.41) is 8.12. The van der Waals surface area contributed by atoms with Gasteiger partial charge < -0.3 is 4.74 Å². The summed E-state index contributed by atoms with van der Waals surface area (Å²) in [5.41, 5.74) is 3.45. The van der Waals surface area contributed by atoms with Crippen molar-refractivity contribution >= 4 is 5.97 Å². The Morgan fingerprint density at radius 3 is 3.05 bits per heavy atom. The molecule has 0 aliphatic carbocycles. The summed E-state index contributed by atoms with van der Waals surface area (Å²) >= 11 is 0. The van der Waals surface area contributed by atoms with Crippen molar-refractivity contribution in [3.8, 4) is 5.69 Å². The van der Waals surface area contributed by atoms with E-state index in [1.165, 1.54) is 5.56 Å². The molecule has 0 saturated heterocycles. The fraction of sp³-hybridized carbons (Fsp3) is 0.357. The van der Waals surface area contributed by atoms with Gasteiger partial charge >= 0.3 is 5.97 Å². The molecule has 1 aliphatic rings. The highest BCUT2D eigenvalue weighted by molar-refractivity contribution is 5.88. The number of rotatable bonds is 2. The molecule has 0 N–H and O–H groups in total. The maximum atomic E-state index is 11.9.